The number of hydrogen-bond acceptors (Lipinski definition) is 7. The minimum Gasteiger partial charge on any atom is -0.482 e. The maximum Gasteiger partial charge on any atom is 0.258 e. The van der Waals surface area contributed by atoms with Crippen molar-refractivity contribution in [2.45, 2.75) is 26.5 Å². The molecule has 0 spiro atoms. The number of benzene rings is 2. The van der Waals surface area contributed by atoms with Crippen LogP contribution in [-0.2, 0) is 11.4 Å². The topological polar surface area (TPSA) is 130 Å². The van der Waals surface area contributed by atoms with Crippen LogP contribution in [-0.4, -0.2) is 48.6 Å². The summed E-state index contributed by atoms with van der Waals surface area (Å²) >= 11 is 6.60. The number of ether oxygens (including phenoxy) is 1. The van der Waals surface area contributed by atoms with E-state index in [4.69, 9.17) is 21.4 Å². The third-order valence-electron chi connectivity index (χ3n) is 5.49. The molecule has 0 aliphatic heterocycles. The van der Waals surface area contributed by atoms with Crippen LogP contribution in [0.15, 0.2) is 54.7 Å². The van der Waals surface area contributed by atoms with E-state index >= 15 is 0 Å². The summed E-state index contributed by atoms with van der Waals surface area (Å²) < 4.78 is 7.27. The quantitative estimate of drug-likeness (QED) is 0.250. The Morgan fingerprint density at radius 1 is 1.17 bits per heavy atom. The first-order valence-corrected chi connectivity index (χ1v) is 11.7. The number of carbonyl (C=O) groups excluding carboxylic acids is 1. The number of halogens is 1. The van der Waals surface area contributed by atoms with E-state index in [1.54, 1.807) is 23.0 Å². The Morgan fingerprint density at radius 2 is 2.00 bits per heavy atom. The van der Waals surface area contributed by atoms with Crippen molar-refractivity contribution in [3.8, 4) is 11.6 Å². The molecule has 5 aromatic rings. The van der Waals surface area contributed by atoms with Crippen LogP contribution in [0.1, 0.15) is 19.5 Å². The fraction of sp³-hybridized carbons (Fsp3) is 0.200. The van der Waals surface area contributed by atoms with Crippen LogP contribution in [0.5, 0.6) is 5.75 Å². The van der Waals surface area contributed by atoms with Gasteiger partial charge in [0.05, 0.1) is 34.5 Å². The molecule has 0 bridgehead atoms. The number of carbonyl (C=O) groups is 1. The molecular formula is C25H24ClN7O3. The van der Waals surface area contributed by atoms with Crippen molar-refractivity contribution in [2.24, 2.45) is 0 Å². The molecule has 0 saturated heterocycles. The average molecular weight is 506 g/mol. The standard InChI is InChI=1S/C25H24ClN7O3/c1-14(2)28-23(35)13-36-21-9-10-22(29-19(21)12-34)33-20-6-4-3-5-15(20)25(32-33)30-18-8-7-17-16(24(18)26)11-27-31-17/h3-11,14,34H,12-13H2,1-2H3,(H,27,31)(H,28,35)(H,30,32). The van der Waals surface area contributed by atoms with E-state index in [-0.39, 0.29) is 25.2 Å². The molecule has 2 aromatic carbocycles. The van der Waals surface area contributed by atoms with E-state index in [1.165, 1.54) is 0 Å². The lowest BCUT2D eigenvalue weighted by molar-refractivity contribution is -0.123. The van der Waals surface area contributed by atoms with E-state index in [1.807, 2.05) is 50.2 Å². The van der Waals surface area contributed by atoms with Gasteiger partial charge in [0.1, 0.15) is 11.4 Å². The van der Waals surface area contributed by atoms with Gasteiger partial charge >= 0.3 is 0 Å². The molecule has 0 saturated carbocycles. The highest BCUT2D eigenvalue weighted by molar-refractivity contribution is 6.38. The van der Waals surface area contributed by atoms with Crippen LogP contribution in [0.2, 0.25) is 5.02 Å². The maximum absolute atomic E-state index is 11.9. The van der Waals surface area contributed by atoms with Crippen molar-refractivity contribution in [1.29, 1.82) is 0 Å². The number of aliphatic hydroxyl groups excluding tert-OH is 1. The summed E-state index contributed by atoms with van der Waals surface area (Å²) in [6.45, 7) is 3.20. The number of nitrogens with one attached hydrogen (secondary N) is 3. The molecule has 1 amide bonds. The lowest BCUT2D eigenvalue weighted by atomic mass is 10.2. The molecule has 0 unspecified atom stereocenters. The van der Waals surface area contributed by atoms with E-state index in [9.17, 15) is 9.90 Å². The molecule has 0 radical (unpaired) electrons. The molecule has 0 aliphatic rings. The molecule has 0 fully saturated rings. The number of H-pyrrole nitrogens is 1. The Kier molecular flexibility index (Phi) is 6.45. The number of fused-ring (bicyclic) bond motifs is 2. The second kappa shape index (κ2) is 9.84. The van der Waals surface area contributed by atoms with Crippen LogP contribution >= 0.6 is 11.6 Å². The monoisotopic (exact) mass is 505 g/mol. The van der Waals surface area contributed by atoms with Gasteiger partial charge in [-0.2, -0.15) is 5.10 Å². The van der Waals surface area contributed by atoms with Gasteiger partial charge in [-0.25, -0.2) is 9.67 Å². The van der Waals surface area contributed by atoms with Crippen molar-refractivity contribution < 1.29 is 14.6 Å². The highest BCUT2D eigenvalue weighted by Crippen LogP contribution is 2.34. The van der Waals surface area contributed by atoms with E-state index in [2.05, 4.69) is 25.8 Å². The van der Waals surface area contributed by atoms with Crippen LogP contribution in [0.4, 0.5) is 11.5 Å². The van der Waals surface area contributed by atoms with Gasteiger partial charge in [0.2, 0.25) is 0 Å². The van der Waals surface area contributed by atoms with Gasteiger partial charge in [0.15, 0.2) is 18.2 Å². The van der Waals surface area contributed by atoms with Crippen molar-refractivity contribution in [1.82, 2.24) is 30.3 Å². The molecule has 0 aliphatic carbocycles. The normalized spacial score (nSPS) is 11.4. The number of pyridine rings is 1. The SMILES string of the molecule is CC(C)NC(=O)COc1ccc(-n2nc(Nc3ccc4[nH]ncc4c3Cl)c3ccccc32)nc1CO. The predicted octanol–water partition coefficient (Wildman–Crippen LogP) is 4.09. The number of aromatic amines is 1. The van der Waals surface area contributed by atoms with E-state index < -0.39 is 0 Å². The molecule has 4 N–H and O–H groups in total. The second-order valence-electron chi connectivity index (χ2n) is 8.44. The third kappa shape index (κ3) is 4.56. The highest BCUT2D eigenvalue weighted by Gasteiger charge is 2.17. The van der Waals surface area contributed by atoms with Crippen LogP contribution in [0, 0.1) is 0 Å². The van der Waals surface area contributed by atoms with E-state index in [0.717, 1.165) is 21.8 Å². The van der Waals surface area contributed by atoms with Crippen LogP contribution < -0.4 is 15.4 Å². The summed E-state index contributed by atoms with van der Waals surface area (Å²) in [7, 11) is 0. The fourth-order valence-electron chi connectivity index (χ4n) is 3.89. The Bertz CT molecular complexity index is 1560. The first kappa shape index (κ1) is 23.6. The largest absolute Gasteiger partial charge is 0.482 e. The van der Waals surface area contributed by atoms with Crippen molar-refractivity contribution in [3.63, 3.8) is 0 Å². The Balaban J connectivity index is 1.48. The first-order chi connectivity index (χ1) is 17.4. The van der Waals surface area contributed by atoms with Gasteiger partial charge in [-0.15, -0.1) is 5.10 Å². The fourth-order valence-corrected chi connectivity index (χ4v) is 4.15. The molecule has 3 aromatic heterocycles. The third-order valence-corrected chi connectivity index (χ3v) is 5.90. The summed E-state index contributed by atoms with van der Waals surface area (Å²) in [5, 5.41) is 29.9. The van der Waals surface area contributed by atoms with Crippen LogP contribution in [0.3, 0.4) is 0 Å². The summed E-state index contributed by atoms with van der Waals surface area (Å²) in [6.07, 6.45) is 1.68. The van der Waals surface area contributed by atoms with Crippen molar-refractivity contribution >= 4 is 50.8 Å². The van der Waals surface area contributed by atoms with Crippen LogP contribution in [0.25, 0.3) is 27.6 Å². The number of aliphatic hydroxyl groups is 1. The number of nitrogens with zero attached hydrogens (tertiary/aromatic N) is 4. The van der Waals surface area contributed by atoms with Gasteiger partial charge in [0.25, 0.3) is 5.91 Å². The minimum absolute atomic E-state index is 0.00583. The van der Waals surface area contributed by atoms with Gasteiger partial charge < -0.3 is 20.5 Å². The predicted molar refractivity (Wildman–Crippen MR) is 138 cm³/mol. The summed E-state index contributed by atoms with van der Waals surface area (Å²) in [6, 6.07) is 14.9. The number of para-hydroxylation sites is 1. The molecule has 10 nitrogen and oxygen atoms in total. The van der Waals surface area contributed by atoms with Gasteiger partial charge in [-0.1, -0.05) is 23.7 Å². The van der Waals surface area contributed by atoms with Gasteiger partial charge in [0, 0.05) is 16.8 Å². The average Bonchev–Trinajstić information content (AvgIpc) is 3.50. The molecule has 5 rings (SSSR count). The zero-order valence-corrected chi connectivity index (χ0v) is 20.4. The molecular weight excluding hydrogens is 482 g/mol. The van der Waals surface area contributed by atoms with Gasteiger partial charge in [-0.05, 0) is 50.2 Å². The molecule has 0 atom stereocenters. The Morgan fingerprint density at radius 3 is 2.81 bits per heavy atom. The molecule has 3 heterocycles. The second-order valence-corrected chi connectivity index (χ2v) is 8.82. The maximum atomic E-state index is 11.9. The van der Waals surface area contributed by atoms with Gasteiger partial charge in [-0.3, -0.25) is 9.89 Å². The molecule has 184 valence electrons. The number of hydrogen-bond donors (Lipinski definition) is 4. The summed E-state index contributed by atoms with van der Waals surface area (Å²) in [5.41, 5.74) is 2.63. The highest BCUT2D eigenvalue weighted by atomic mass is 35.5. The number of rotatable bonds is 8. The number of aromatic nitrogens is 5. The molecule has 11 heteroatoms. The lowest BCUT2D eigenvalue weighted by Crippen LogP contribution is -2.34. The Labute approximate surface area is 211 Å². The summed E-state index contributed by atoms with van der Waals surface area (Å²) in [5.74, 6) is 1.15. The first-order valence-electron chi connectivity index (χ1n) is 11.3. The van der Waals surface area contributed by atoms with Crippen molar-refractivity contribution in [2.75, 3.05) is 11.9 Å². The molecule has 36 heavy (non-hydrogen) atoms. The zero-order valence-electron chi connectivity index (χ0n) is 19.6. The Hall–Kier alpha value is -4.15. The number of amides is 1. The van der Waals surface area contributed by atoms with Crippen molar-refractivity contribution in [3.05, 3.63) is 65.4 Å². The minimum atomic E-state index is -0.362. The zero-order chi connectivity index (χ0) is 25.2. The summed E-state index contributed by atoms with van der Waals surface area (Å²) in [4.78, 5) is 16.5. The van der Waals surface area contributed by atoms with E-state index in [0.29, 0.717) is 33.8 Å². The number of anilines is 2. The smallest absolute Gasteiger partial charge is 0.258 e. The lowest BCUT2D eigenvalue weighted by Gasteiger charge is -2.12.